The van der Waals surface area contributed by atoms with Crippen LogP contribution in [-0.4, -0.2) is 18.4 Å². The van der Waals surface area contributed by atoms with Crippen LogP contribution in [0.3, 0.4) is 0 Å². The van der Waals surface area contributed by atoms with Crippen molar-refractivity contribution in [3.63, 3.8) is 0 Å². The molecular formula is C17H16N2O3. The molecule has 0 aliphatic carbocycles. The molecule has 22 heavy (non-hydrogen) atoms. The fraction of sp³-hybridized carbons (Fsp3) is 0.0588. The van der Waals surface area contributed by atoms with Crippen LogP contribution < -0.4 is 15.6 Å². The quantitative estimate of drug-likeness (QED) is 0.657. The predicted molar refractivity (Wildman–Crippen MR) is 83.5 cm³/mol. The maximum Gasteiger partial charge on any atom is 0.269 e. The van der Waals surface area contributed by atoms with Crippen LogP contribution in [0.4, 0.5) is 0 Å². The third kappa shape index (κ3) is 4.21. The van der Waals surface area contributed by atoms with Gasteiger partial charge >= 0.3 is 0 Å². The summed E-state index contributed by atoms with van der Waals surface area (Å²) in [5, 5.41) is 0. The number of hydrogen-bond acceptors (Lipinski definition) is 3. The summed E-state index contributed by atoms with van der Waals surface area (Å²) in [4.78, 5) is 23.7. The average Bonchev–Trinajstić information content (AvgIpc) is 2.58. The molecule has 0 bridgehead atoms. The van der Waals surface area contributed by atoms with Crippen molar-refractivity contribution >= 4 is 11.8 Å². The van der Waals surface area contributed by atoms with Gasteiger partial charge in [0.2, 0.25) is 0 Å². The van der Waals surface area contributed by atoms with Gasteiger partial charge in [-0.15, -0.1) is 0 Å². The highest BCUT2D eigenvalue weighted by Crippen LogP contribution is 2.11. The minimum Gasteiger partial charge on any atom is -0.490 e. The van der Waals surface area contributed by atoms with E-state index in [0.29, 0.717) is 23.5 Å². The zero-order chi connectivity index (χ0) is 15.8. The minimum absolute atomic E-state index is 0.375. The first-order valence-electron chi connectivity index (χ1n) is 6.70. The van der Waals surface area contributed by atoms with E-state index in [1.165, 1.54) is 0 Å². The third-order valence-corrected chi connectivity index (χ3v) is 2.81. The average molecular weight is 296 g/mol. The van der Waals surface area contributed by atoms with Gasteiger partial charge in [-0.3, -0.25) is 20.4 Å². The number of amides is 2. The molecular weight excluding hydrogens is 280 g/mol. The predicted octanol–water partition coefficient (Wildman–Crippen LogP) is 2.33. The first-order valence-corrected chi connectivity index (χ1v) is 6.70. The van der Waals surface area contributed by atoms with Gasteiger partial charge in [0, 0.05) is 11.1 Å². The summed E-state index contributed by atoms with van der Waals surface area (Å²) >= 11 is 0. The van der Waals surface area contributed by atoms with Gasteiger partial charge in [0.1, 0.15) is 12.4 Å². The summed E-state index contributed by atoms with van der Waals surface area (Å²) in [7, 11) is 0. The lowest BCUT2D eigenvalue weighted by molar-refractivity contribution is 0.0846. The minimum atomic E-state index is -0.403. The van der Waals surface area contributed by atoms with E-state index in [9.17, 15) is 9.59 Å². The van der Waals surface area contributed by atoms with E-state index in [-0.39, 0.29) is 5.91 Å². The van der Waals surface area contributed by atoms with Gasteiger partial charge in [-0.1, -0.05) is 30.9 Å². The van der Waals surface area contributed by atoms with E-state index < -0.39 is 5.91 Å². The lowest BCUT2D eigenvalue weighted by Crippen LogP contribution is -2.41. The van der Waals surface area contributed by atoms with Crippen molar-refractivity contribution in [1.29, 1.82) is 0 Å². The molecule has 0 heterocycles. The molecule has 2 aromatic carbocycles. The van der Waals surface area contributed by atoms with E-state index in [1.54, 1.807) is 54.6 Å². The van der Waals surface area contributed by atoms with Crippen molar-refractivity contribution in [2.24, 2.45) is 0 Å². The van der Waals surface area contributed by atoms with Gasteiger partial charge in [-0.2, -0.15) is 0 Å². The van der Waals surface area contributed by atoms with Crippen molar-refractivity contribution in [2.75, 3.05) is 6.61 Å². The van der Waals surface area contributed by atoms with Gasteiger partial charge in [-0.25, -0.2) is 0 Å². The Labute approximate surface area is 128 Å². The number of carbonyl (C=O) groups is 2. The van der Waals surface area contributed by atoms with Crippen LogP contribution in [-0.2, 0) is 0 Å². The smallest absolute Gasteiger partial charge is 0.269 e. The maximum absolute atomic E-state index is 11.9. The number of benzene rings is 2. The Morgan fingerprint density at radius 1 is 0.909 bits per heavy atom. The Morgan fingerprint density at radius 2 is 1.45 bits per heavy atom. The summed E-state index contributed by atoms with van der Waals surface area (Å²) in [6.45, 7) is 3.96. The Bertz CT molecular complexity index is 651. The lowest BCUT2D eigenvalue weighted by Gasteiger charge is -2.08. The Hall–Kier alpha value is -3.08. The summed E-state index contributed by atoms with van der Waals surface area (Å²) in [6, 6.07) is 15.2. The van der Waals surface area contributed by atoms with Gasteiger partial charge in [-0.05, 0) is 36.4 Å². The molecule has 112 valence electrons. The summed E-state index contributed by atoms with van der Waals surface area (Å²) in [5.41, 5.74) is 5.61. The highest BCUT2D eigenvalue weighted by Gasteiger charge is 2.08. The topological polar surface area (TPSA) is 67.4 Å². The highest BCUT2D eigenvalue weighted by molar-refractivity contribution is 5.99. The fourth-order valence-electron chi connectivity index (χ4n) is 1.71. The van der Waals surface area contributed by atoms with E-state index in [0.717, 1.165) is 0 Å². The maximum atomic E-state index is 11.9. The third-order valence-electron chi connectivity index (χ3n) is 2.81. The normalized spacial score (nSPS) is 9.64. The van der Waals surface area contributed by atoms with Crippen LogP contribution in [0.1, 0.15) is 20.7 Å². The molecule has 0 radical (unpaired) electrons. The lowest BCUT2D eigenvalue weighted by atomic mass is 10.2. The Kier molecular flexibility index (Phi) is 5.31. The molecule has 5 nitrogen and oxygen atoms in total. The summed E-state index contributed by atoms with van der Waals surface area (Å²) < 4.78 is 5.33. The second kappa shape index (κ2) is 7.64. The molecule has 0 saturated heterocycles. The molecule has 2 N–H and O–H groups in total. The SMILES string of the molecule is C=CCOc1ccc(C(=O)NNC(=O)c2ccccc2)cc1. The van der Waals surface area contributed by atoms with Crippen molar-refractivity contribution in [2.45, 2.75) is 0 Å². The molecule has 2 rings (SSSR count). The second-order valence-electron chi connectivity index (χ2n) is 4.40. The molecule has 0 saturated carbocycles. The summed E-state index contributed by atoms with van der Waals surface area (Å²) in [5.74, 6) is -0.135. The van der Waals surface area contributed by atoms with Crippen LogP contribution in [0.25, 0.3) is 0 Å². The van der Waals surface area contributed by atoms with Crippen LogP contribution in [0.15, 0.2) is 67.3 Å². The van der Waals surface area contributed by atoms with E-state index in [1.807, 2.05) is 6.07 Å². The molecule has 2 amide bonds. The fourth-order valence-corrected chi connectivity index (χ4v) is 1.71. The van der Waals surface area contributed by atoms with Crippen LogP contribution >= 0.6 is 0 Å². The number of carbonyl (C=O) groups excluding carboxylic acids is 2. The van der Waals surface area contributed by atoms with Crippen molar-refractivity contribution in [1.82, 2.24) is 10.9 Å². The number of nitrogens with one attached hydrogen (secondary N) is 2. The van der Waals surface area contributed by atoms with Crippen LogP contribution in [0.5, 0.6) is 5.75 Å². The van der Waals surface area contributed by atoms with Crippen molar-refractivity contribution in [3.05, 3.63) is 78.4 Å². The molecule has 0 spiro atoms. The molecule has 0 atom stereocenters. The van der Waals surface area contributed by atoms with Crippen LogP contribution in [0, 0.1) is 0 Å². The monoisotopic (exact) mass is 296 g/mol. The van der Waals surface area contributed by atoms with Gasteiger partial charge in [0.15, 0.2) is 0 Å². The number of hydrogen-bond donors (Lipinski definition) is 2. The largest absolute Gasteiger partial charge is 0.490 e. The second-order valence-corrected chi connectivity index (χ2v) is 4.40. The number of rotatable bonds is 5. The van der Waals surface area contributed by atoms with E-state index >= 15 is 0 Å². The van der Waals surface area contributed by atoms with Gasteiger partial charge in [0.05, 0.1) is 0 Å². The molecule has 0 aliphatic heterocycles. The van der Waals surface area contributed by atoms with E-state index in [4.69, 9.17) is 4.74 Å². The molecule has 5 heteroatoms. The number of hydrazine groups is 1. The van der Waals surface area contributed by atoms with Crippen molar-refractivity contribution in [3.8, 4) is 5.75 Å². The summed E-state index contributed by atoms with van der Waals surface area (Å²) in [6.07, 6.45) is 1.64. The Morgan fingerprint density at radius 3 is 2.00 bits per heavy atom. The zero-order valence-corrected chi connectivity index (χ0v) is 11.9. The number of ether oxygens (including phenoxy) is 1. The molecule has 0 unspecified atom stereocenters. The van der Waals surface area contributed by atoms with Crippen LogP contribution in [0.2, 0.25) is 0 Å². The zero-order valence-electron chi connectivity index (χ0n) is 11.9. The highest BCUT2D eigenvalue weighted by atomic mass is 16.5. The molecule has 0 aliphatic rings. The van der Waals surface area contributed by atoms with Gasteiger partial charge in [0.25, 0.3) is 11.8 Å². The first-order chi connectivity index (χ1) is 10.7. The van der Waals surface area contributed by atoms with Gasteiger partial charge < -0.3 is 4.74 Å². The first kappa shape index (κ1) is 15.3. The van der Waals surface area contributed by atoms with Crippen molar-refractivity contribution < 1.29 is 14.3 Å². The standard InChI is InChI=1S/C17H16N2O3/c1-2-12-22-15-10-8-14(9-11-15)17(21)19-18-16(20)13-6-4-3-5-7-13/h2-11H,1,12H2,(H,18,20)(H,19,21). The molecule has 2 aromatic rings. The van der Waals surface area contributed by atoms with E-state index in [2.05, 4.69) is 17.4 Å². The molecule has 0 aromatic heterocycles. The Balaban J connectivity index is 1.89. The molecule has 0 fully saturated rings.